The lowest BCUT2D eigenvalue weighted by Gasteiger charge is -2.23. The van der Waals surface area contributed by atoms with Crippen molar-refractivity contribution in [2.75, 3.05) is 20.2 Å². The number of hydrogen-bond acceptors (Lipinski definition) is 2. The van der Waals surface area contributed by atoms with Crippen LogP contribution in [0.3, 0.4) is 0 Å². The molecule has 2 nitrogen and oxygen atoms in total. The van der Waals surface area contributed by atoms with Crippen molar-refractivity contribution < 1.29 is 13.5 Å². The molecular formula is C13H16ClF2NO. The molecule has 1 N–H and O–H groups in total. The topological polar surface area (TPSA) is 21.3 Å². The van der Waals surface area contributed by atoms with Crippen LogP contribution in [0, 0.1) is 17.6 Å². The molecular weight excluding hydrogens is 260 g/mol. The van der Waals surface area contributed by atoms with Gasteiger partial charge in [0.1, 0.15) is 5.75 Å². The summed E-state index contributed by atoms with van der Waals surface area (Å²) in [5.74, 6) is -1.15. The van der Waals surface area contributed by atoms with Gasteiger partial charge in [-0.15, -0.1) is 0 Å². The van der Waals surface area contributed by atoms with Gasteiger partial charge in [0.2, 0.25) is 0 Å². The summed E-state index contributed by atoms with van der Waals surface area (Å²) >= 11 is 5.88. The van der Waals surface area contributed by atoms with Crippen LogP contribution in [0.25, 0.3) is 0 Å². The Bertz CT molecular complexity index is 433. The van der Waals surface area contributed by atoms with Crippen molar-refractivity contribution in [2.45, 2.75) is 19.3 Å². The molecule has 1 aliphatic heterocycles. The van der Waals surface area contributed by atoms with E-state index in [2.05, 4.69) is 5.32 Å². The lowest BCUT2D eigenvalue weighted by Crippen LogP contribution is -2.29. The fourth-order valence-corrected chi connectivity index (χ4v) is 2.69. The highest BCUT2D eigenvalue weighted by Gasteiger charge is 2.22. The monoisotopic (exact) mass is 275 g/mol. The molecule has 0 aliphatic carbocycles. The van der Waals surface area contributed by atoms with E-state index in [0.717, 1.165) is 32.0 Å². The second kappa shape index (κ2) is 5.85. The van der Waals surface area contributed by atoms with Gasteiger partial charge in [0, 0.05) is 5.56 Å². The van der Waals surface area contributed by atoms with Gasteiger partial charge in [0.25, 0.3) is 0 Å². The zero-order chi connectivity index (χ0) is 13.1. The van der Waals surface area contributed by atoms with Gasteiger partial charge in [0.05, 0.1) is 12.1 Å². The van der Waals surface area contributed by atoms with E-state index in [9.17, 15) is 8.78 Å². The third-order valence-corrected chi connectivity index (χ3v) is 3.66. The summed E-state index contributed by atoms with van der Waals surface area (Å²) in [5, 5.41) is 3.37. The predicted molar refractivity (Wildman–Crippen MR) is 67.2 cm³/mol. The third-order valence-electron chi connectivity index (χ3n) is 3.37. The van der Waals surface area contributed by atoms with Crippen LogP contribution in [0.5, 0.6) is 5.75 Å². The van der Waals surface area contributed by atoms with Crippen LogP contribution in [0.2, 0.25) is 5.02 Å². The van der Waals surface area contributed by atoms with E-state index in [-0.39, 0.29) is 16.3 Å². The first-order valence-electron chi connectivity index (χ1n) is 6.04. The molecule has 0 bridgehead atoms. The minimum absolute atomic E-state index is 0.125. The van der Waals surface area contributed by atoms with Gasteiger partial charge >= 0.3 is 0 Å². The van der Waals surface area contributed by atoms with E-state index < -0.39 is 11.6 Å². The van der Waals surface area contributed by atoms with Crippen molar-refractivity contribution in [3.05, 3.63) is 28.3 Å². The number of halogens is 3. The first-order chi connectivity index (χ1) is 8.63. The fourth-order valence-electron chi connectivity index (χ4n) is 2.41. The van der Waals surface area contributed by atoms with Crippen LogP contribution in [0.4, 0.5) is 8.78 Å². The smallest absolute Gasteiger partial charge is 0.165 e. The highest BCUT2D eigenvalue weighted by molar-refractivity contribution is 6.32. The van der Waals surface area contributed by atoms with Crippen LogP contribution in [-0.4, -0.2) is 20.2 Å². The average Bonchev–Trinajstić information content (AvgIpc) is 2.37. The molecule has 1 fully saturated rings. The van der Waals surface area contributed by atoms with Gasteiger partial charge in [-0.3, -0.25) is 0 Å². The third kappa shape index (κ3) is 2.75. The van der Waals surface area contributed by atoms with Crippen LogP contribution >= 0.6 is 11.6 Å². The molecule has 0 amide bonds. The summed E-state index contributed by atoms with van der Waals surface area (Å²) < 4.78 is 32.3. The van der Waals surface area contributed by atoms with Crippen molar-refractivity contribution in [3.63, 3.8) is 0 Å². The van der Waals surface area contributed by atoms with E-state index in [1.807, 2.05) is 0 Å². The summed E-state index contributed by atoms with van der Waals surface area (Å²) in [6.07, 6.45) is 2.38. The Morgan fingerprint density at radius 3 is 2.67 bits per heavy atom. The standard InChI is InChI=1S/C13H16ClF2NO/c1-18-13-9(6-8-2-4-17-5-3-8)12(16)11(15)7-10(13)14/h7-8,17H,2-6H2,1H3. The number of ether oxygens (including phenoxy) is 1. The molecule has 1 aromatic carbocycles. The molecule has 1 aliphatic rings. The fraction of sp³-hybridized carbons (Fsp3) is 0.538. The predicted octanol–water partition coefficient (Wildman–Crippen LogP) is 3.17. The Labute approximate surface area is 110 Å². The average molecular weight is 276 g/mol. The van der Waals surface area contributed by atoms with Crippen molar-refractivity contribution in [1.29, 1.82) is 0 Å². The molecule has 0 atom stereocenters. The molecule has 1 heterocycles. The molecule has 0 aromatic heterocycles. The summed E-state index contributed by atoms with van der Waals surface area (Å²) in [6.45, 7) is 1.83. The number of benzene rings is 1. The van der Waals surface area contributed by atoms with E-state index >= 15 is 0 Å². The minimum atomic E-state index is -0.912. The maximum absolute atomic E-state index is 13.9. The molecule has 1 saturated heterocycles. The molecule has 2 rings (SSSR count). The van der Waals surface area contributed by atoms with Gasteiger partial charge in [-0.2, -0.15) is 0 Å². The molecule has 100 valence electrons. The minimum Gasteiger partial charge on any atom is -0.495 e. The summed E-state index contributed by atoms with van der Waals surface area (Å²) in [4.78, 5) is 0. The molecule has 18 heavy (non-hydrogen) atoms. The Kier molecular flexibility index (Phi) is 4.40. The number of methoxy groups -OCH3 is 1. The van der Waals surface area contributed by atoms with E-state index in [0.29, 0.717) is 12.3 Å². The molecule has 0 spiro atoms. The van der Waals surface area contributed by atoms with Gasteiger partial charge in [0.15, 0.2) is 11.6 Å². The second-order valence-corrected chi connectivity index (χ2v) is 4.97. The van der Waals surface area contributed by atoms with Crippen LogP contribution in [0.1, 0.15) is 18.4 Å². The van der Waals surface area contributed by atoms with Crippen molar-refractivity contribution >= 4 is 11.6 Å². The van der Waals surface area contributed by atoms with Gasteiger partial charge in [-0.05, 0) is 44.3 Å². The van der Waals surface area contributed by atoms with Crippen LogP contribution in [-0.2, 0) is 6.42 Å². The Morgan fingerprint density at radius 2 is 2.06 bits per heavy atom. The van der Waals surface area contributed by atoms with E-state index in [4.69, 9.17) is 16.3 Å². The Morgan fingerprint density at radius 1 is 1.39 bits per heavy atom. The lowest BCUT2D eigenvalue weighted by molar-refractivity contribution is 0.351. The summed E-state index contributed by atoms with van der Waals surface area (Å²) in [5.41, 5.74) is 0.259. The SMILES string of the molecule is COc1c(Cl)cc(F)c(F)c1CC1CCNCC1. The number of hydrogen-bond donors (Lipinski definition) is 1. The van der Waals surface area contributed by atoms with Crippen LogP contribution < -0.4 is 10.1 Å². The zero-order valence-electron chi connectivity index (χ0n) is 10.2. The molecule has 5 heteroatoms. The van der Waals surface area contributed by atoms with Gasteiger partial charge < -0.3 is 10.1 Å². The molecule has 0 radical (unpaired) electrons. The largest absolute Gasteiger partial charge is 0.495 e. The number of nitrogens with one attached hydrogen (secondary N) is 1. The summed E-state index contributed by atoms with van der Waals surface area (Å²) in [7, 11) is 1.42. The van der Waals surface area contributed by atoms with Crippen LogP contribution in [0.15, 0.2) is 6.07 Å². The first-order valence-corrected chi connectivity index (χ1v) is 6.42. The quantitative estimate of drug-likeness (QED) is 0.856. The number of piperidine rings is 1. The molecule has 1 aromatic rings. The van der Waals surface area contributed by atoms with E-state index in [1.54, 1.807) is 0 Å². The first kappa shape index (κ1) is 13.6. The number of rotatable bonds is 3. The van der Waals surface area contributed by atoms with Gasteiger partial charge in [-0.25, -0.2) is 8.78 Å². The van der Waals surface area contributed by atoms with Crippen molar-refractivity contribution in [2.24, 2.45) is 5.92 Å². The lowest BCUT2D eigenvalue weighted by atomic mass is 9.90. The normalized spacial score (nSPS) is 16.9. The Hall–Kier alpha value is -0.870. The highest BCUT2D eigenvalue weighted by Crippen LogP contribution is 2.35. The van der Waals surface area contributed by atoms with Crippen molar-refractivity contribution in [1.82, 2.24) is 5.32 Å². The zero-order valence-corrected chi connectivity index (χ0v) is 11.0. The van der Waals surface area contributed by atoms with Crippen molar-refractivity contribution in [3.8, 4) is 5.75 Å². The second-order valence-electron chi connectivity index (χ2n) is 4.56. The molecule has 0 saturated carbocycles. The van der Waals surface area contributed by atoms with Gasteiger partial charge in [-0.1, -0.05) is 11.6 Å². The maximum Gasteiger partial charge on any atom is 0.165 e. The van der Waals surface area contributed by atoms with E-state index in [1.165, 1.54) is 7.11 Å². The summed E-state index contributed by atoms with van der Waals surface area (Å²) in [6, 6.07) is 0.960. The maximum atomic E-state index is 13.9. The molecule has 0 unspecified atom stereocenters. The highest BCUT2D eigenvalue weighted by atomic mass is 35.5. The Balaban J connectivity index is 2.29.